The molecule has 0 aliphatic carbocycles. The molecule has 1 rings (SSSR count). The average molecular weight is 280 g/mol. The van der Waals surface area contributed by atoms with Gasteiger partial charge in [-0.25, -0.2) is 4.98 Å². The van der Waals surface area contributed by atoms with Crippen molar-refractivity contribution in [3.05, 3.63) is 24.0 Å². The van der Waals surface area contributed by atoms with Crippen molar-refractivity contribution in [1.82, 2.24) is 10.3 Å². The second-order valence-corrected chi connectivity index (χ2v) is 5.42. The molecule has 5 heteroatoms. The molecule has 1 heterocycles. The fourth-order valence-corrected chi connectivity index (χ4v) is 1.93. The number of hydrogen-bond acceptors (Lipinski definition) is 4. The third kappa shape index (κ3) is 5.57. The van der Waals surface area contributed by atoms with E-state index in [0.717, 1.165) is 0 Å². The summed E-state index contributed by atoms with van der Waals surface area (Å²) in [5.41, 5.74) is 0.297. The van der Waals surface area contributed by atoms with Crippen LogP contribution in [0.15, 0.2) is 18.3 Å². The minimum Gasteiger partial charge on any atom is -0.489 e. The zero-order valence-electron chi connectivity index (χ0n) is 12.6. The molecule has 0 saturated carbocycles. The van der Waals surface area contributed by atoms with Gasteiger partial charge in [0.15, 0.2) is 11.4 Å². The summed E-state index contributed by atoms with van der Waals surface area (Å²) in [6.45, 7) is 8.03. The molecule has 0 aliphatic heterocycles. The van der Waals surface area contributed by atoms with Crippen LogP contribution in [0.3, 0.4) is 0 Å². The Kier molecular flexibility index (Phi) is 6.45. The number of pyridine rings is 1. The first kappa shape index (κ1) is 16.4. The standard InChI is InChI=1S/C15H24N2O3/c1-10(2)20-13-6-5-7-16-14(13)15(19)17-9-11(3)8-12(4)18/h5-7,10-12,18H,8-9H2,1-4H3,(H,17,19). The number of rotatable bonds is 7. The second-order valence-electron chi connectivity index (χ2n) is 5.42. The van der Waals surface area contributed by atoms with Crippen LogP contribution in [0, 0.1) is 5.92 Å². The third-order valence-electron chi connectivity index (χ3n) is 2.70. The molecule has 5 nitrogen and oxygen atoms in total. The summed E-state index contributed by atoms with van der Waals surface area (Å²) < 4.78 is 5.57. The SMILES string of the molecule is CC(O)CC(C)CNC(=O)c1ncccc1OC(C)C. The summed E-state index contributed by atoms with van der Waals surface area (Å²) in [6.07, 6.45) is 1.84. The number of amides is 1. The Morgan fingerprint density at radius 3 is 2.70 bits per heavy atom. The van der Waals surface area contributed by atoms with Crippen LogP contribution in [0.2, 0.25) is 0 Å². The lowest BCUT2D eigenvalue weighted by Crippen LogP contribution is -2.30. The lowest BCUT2D eigenvalue weighted by molar-refractivity contribution is 0.0928. The van der Waals surface area contributed by atoms with Gasteiger partial charge in [0.25, 0.3) is 5.91 Å². The van der Waals surface area contributed by atoms with Gasteiger partial charge in [-0.05, 0) is 45.2 Å². The molecule has 0 spiro atoms. The summed E-state index contributed by atoms with van der Waals surface area (Å²) >= 11 is 0. The van der Waals surface area contributed by atoms with E-state index in [9.17, 15) is 9.90 Å². The monoisotopic (exact) mass is 280 g/mol. The summed E-state index contributed by atoms with van der Waals surface area (Å²) in [7, 11) is 0. The van der Waals surface area contributed by atoms with E-state index >= 15 is 0 Å². The number of nitrogens with one attached hydrogen (secondary N) is 1. The van der Waals surface area contributed by atoms with Crippen LogP contribution in [0.5, 0.6) is 5.75 Å². The molecule has 112 valence electrons. The molecule has 2 atom stereocenters. The minimum atomic E-state index is -0.364. The largest absolute Gasteiger partial charge is 0.489 e. The zero-order valence-corrected chi connectivity index (χ0v) is 12.6. The highest BCUT2D eigenvalue weighted by Crippen LogP contribution is 2.17. The van der Waals surface area contributed by atoms with E-state index in [1.165, 1.54) is 0 Å². The van der Waals surface area contributed by atoms with Gasteiger partial charge < -0.3 is 15.2 Å². The Labute approximate surface area is 120 Å². The summed E-state index contributed by atoms with van der Waals surface area (Å²) in [4.78, 5) is 16.2. The molecule has 0 aliphatic rings. The first-order valence-corrected chi connectivity index (χ1v) is 6.98. The van der Waals surface area contributed by atoms with Gasteiger partial charge in [0.1, 0.15) is 0 Å². The van der Waals surface area contributed by atoms with Crippen molar-refractivity contribution in [2.45, 2.75) is 46.3 Å². The van der Waals surface area contributed by atoms with E-state index in [-0.39, 0.29) is 24.0 Å². The molecule has 1 aromatic heterocycles. The van der Waals surface area contributed by atoms with E-state index in [4.69, 9.17) is 4.74 Å². The van der Waals surface area contributed by atoms with E-state index in [0.29, 0.717) is 24.4 Å². The van der Waals surface area contributed by atoms with Crippen molar-refractivity contribution in [2.75, 3.05) is 6.54 Å². The number of aromatic nitrogens is 1. The Bertz CT molecular complexity index is 433. The van der Waals surface area contributed by atoms with Crippen molar-refractivity contribution in [3.8, 4) is 5.75 Å². The predicted molar refractivity (Wildman–Crippen MR) is 77.8 cm³/mol. The van der Waals surface area contributed by atoms with Crippen molar-refractivity contribution in [1.29, 1.82) is 0 Å². The molecule has 0 bridgehead atoms. The first-order chi connectivity index (χ1) is 9.40. The van der Waals surface area contributed by atoms with Crippen LogP contribution in [0.4, 0.5) is 0 Å². The zero-order chi connectivity index (χ0) is 15.1. The van der Waals surface area contributed by atoms with Gasteiger partial charge in [0.05, 0.1) is 12.2 Å². The van der Waals surface area contributed by atoms with Crippen LogP contribution < -0.4 is 10.1 Å². The Morgan fingerprint density at radius 2 is 2.10 bits per heavy atom. The first-order valence-electron chi connectivity index (χ1n) is 6.98. The number of hydrogen-bond donors (Lipinski definition) is 2. The van der Waals surface area contributed by atoms with Gasteiger partial charge in [-0.1, -0.05) is 6.92 Å². The Balaban J connectivity index is 2.63. The molecule has 0 fully saturated rings. The molecule has 0 aromatic carbocycles. The van der Waals surface area contributed by atoms with Gasteiger partial charge in [0.2, 0.25) is 0 Å². The van der Waals surface area contributed by atoms with Crippen molar-refractivity contribution in [3.63, 3.8) is 0 Å². The van der Waals surface area contributed by atoms with E-state index in [1.807, 2.05) is 20.8 Å². The number of carbonyl (C=O) groups excluding carboxylic acids is 1. The number of ether oxygens (including phenoxy) is 1. The van der Waals surface area contributed by atoms with Crippen LogP contribution >= 0.6 is 0 Å². The van der Waals surface area contributed by atoms with Gasteiger partial charge in [0, 0.05) is 12.7 Å². The smallest absolute Gasteiger partial charge is 0.273 e. The molecule has 2 N–H and O–H groups in total. The minimum absolute atomic E-state index is 0.0140. The summed E-state index contributed by atoms with van der Waals surface area (Å²) in [5, 5.41) is 12.1. The highest BCUT2D eigenvalue weighted by Gasteiger charge is 2.16. The molecule has 1 aromatic rings. The maximum atomic E-state index is 12.1. The summed E-state index contributed by atoms with van der Waals surface area (Å²) in [5.74, 6) is 0.444. The van der Waals surface area contributed by atoms with E-state index in [2.05, 4.69) is 10.3 Å². The van der Waals surface area contributed by atoms with Crippen molar-refractivity contribution < 1.29 is 14.6 Å². The number of aliphatic hydroxyl groups excluding tert-OH is 1. The molecular weight excluding hydrogens is 256 g/mol. The maximum absolute atomic E-state index is 12.1. The maximum Gasteiger partial charge on any atom is 0.273 e. The van der Waals surface area contributed by atoms with Gasteiger partial charge in [-0.3, -0.25) is 4.79 Å². The highest BCUT2D eigenvalue weighted by molar-refractivity contribution is 5.94. The topological polar surface area (TPSA) is 71.5 Å². The highest BCUT2D eigenvalue weighted by atomic mass is 16.5. The fourth-order valence-electron chi connectivity index (χ4n) is 1.93. The molecule has 2 unspecified atom stereocenters. The molecule has 1 amide bonds. The van der Waals surface area contributed by atoms with E-state index < -0.39 is 0 Å². The number of aliphatic hydroxyl groups is 1. The number of carbonyl (C=O) groups is 1. The fraction of sp³-hybridized carbons (Fsp3) is 0.600. The van der Waals surface area contributed by atoms with Crippen LogP contribution in [-0.2, 0) is 0 Å². The molecule has 20 heavy (non-hydrogen) atoms. The quantitative estimate of drug-likeness (QED) is 0.801. The summed E-state index contributed by atoms with van der Waals surface area (Å²) in [6, 6.07) is 3.48. The molecule has 0 saturated heterocycles. The second kappa shape index (κ2) is 7.85. The van der Waals surface area contributed by atoms with Gasteiger partial charge in [-0.15, -0.1) is 0 Å². The van der Waals surface area contributed by atoms with E-state index in [1.54, 1.807) is 25.3 Å². The lowest BCUT2D eigenvalue weighted by atomic mass is 10.0. The Hall–Kier alpha value is -1.62. The third-order valence-corrected chi connectivity index (χ3v) is 2.70. The van der Waals surface area contributed by atoms with Crippen molar-refractivity contribution in [2.24, 2.45) is 5.92 Å². The van der Waals surface area contributed by atoms with Crippen molar-refractivity contribution >= 4 is 5.91 Å². The van der Waals surface area contributed by atoms with Crippen LogP contribution in [-0.4, -0.2) is 34.8 Å². The van der Waals surface area contributed by atoms with Gasteiger partial charge in [-0.2, -0.15) is 0 Å². The van der Waals surface area contributed by atoms with Crippen LogP contribution in [0.25, 0.3) is 0 Å². The molecule has 0 radical (unpaired) electrons. The average Bonchev–Trinajstić information content (AvgIpc) is 2.35. The predicted octanol–water partition coefficient (Wildman–Crippen LogP) is 2.01. The Morgan fingerprint density at radius 1 is 1.40 bits per heavy atom. The number of nitrogens with zero attached hydrogens (tertiary/aromatic N) is 1. The van der Waals surface area contributed by atoms with Gasteiger partial charge >= 0.3 is 0 Å². The molecular formula is C15H24N2O3. The normalized spacial score (nSPS) is 13.9. The van der Waals surface area contributed by atoms with Crippen LogP contribution in [0.1, 0.15) is 44.6 Å². The lowest BCUT2D eigenvalue weighted by Gasteiger charge is -2.16.